The molecular weight excluding hydrogens is 232 g/mol. The molecule has 0 amide bonds. The number of rotatable bonds is 3. The van der Waals surface area contributed by atoms with Gasteiger partial charge in [0.05, 0.1) is 7.11 Å². The Morgan fingerprint density at radius 1 is 1.18 bits per heavy atom. The molecule has 0 heterocycles. The maximum absolute atomic E-state index is 11.6. The number of ether oxygens (including phenoxy) is 1. The van der Waals surface area contributed by atoms with Gasteiger partial charge in [-0.2, -0.15) is 0 Å². The van der Waals surface area contributed by atoms with Gasteiger partial charge >= 0.3 is 0 Å². The third-order valence-electron chi connectivity index (χ3n) is 2.94. The molecule has 0 N–H and O–H groups in total. The van der Waals surface area contributed by atoms with Crippen molar-refractivity contribution in [2.75, 3.05) is 7.11 Å². The Morgan fingerprint density at radius 3 is 2.53 bits per heavy atom. The Kier molecular flexibility index (Phi) is 3.89. The van der Waals surface area contributed by atoms with Crippen LogP contribution in [-0.4, -0.2) is 12.9 Å². The van der Waals surface area contributed by atoms with Gasteiger partial charge in [-0.05, 0) is 48.9 Å². The largest absolute Gasteiger partial charge is 0.497 e. The van der Waals surface area contributed by atoms with Crippen molar-refractivity contribution in [3.63, 3.8) is 0 Å². The summed E-state index contributed by atoms with van der Waals surface area (Å²) in [6.07, 6.45) is 2.71. The summed E-state index contributed by atoms with van der Waals surface area (Å²) in [5.41, 5.74) is 0.942. The highest BCUT2D eigenvalue weighted by molar-refractivity contribution is 8.03. The van der Waals surface area contributed by atoms with Crippen LogP contribution in [0.2, 0.25) is 0 Å². The molecule has 2 nitrogen and oxygen atoms in total. The maximum atomic E-state index is 11.6. The molecule has 1 aromatic rings. The zero-order chi connectivity index (χ0) is 12.3. The topological polar surface area (TPSA) is 26.3 Å². The minimum absolute atomic E-state index is 0.298. The van der Waals surface area contributed by atoms with Gasteiger partial charge in [-0.3, -0.25) is 4.79 Å². The molecule has 90 valence electrons. The smallest absolute Gasteiger partial charge is 0.159 e. The minimum atomic E-state index is 0.298. The van der Waals surface area contributed by atoms with E-state index in [-0.39, 0.29) is 0 Å². The van der Waals surface area contributed by atoms with Gasteiger partial charge in [0, 0.05) is 16.9 Å². The number of carbonyl (C=O) groups excluding carboxylic acids is 1. The number of methoxy groups -OCH3 is 1. The van der Waals surface area contributed by atoms with E-state index >= 15 is 0 Å². The molecule has 2 rings (SSSR count). The molecule has 1 aliphatic rings. The maximum Gasteiger partial charge on any atom is 0.159 e. The number of benzene rings is 1. The molecule has 0 unspecified atom stereocenters. The molecule has 0 aliphatic heterocycles. The van der Waals surface area contributed by atoms with Crippen LogP contribution in [0.25, 0.3) is 0 Å². The average Bonchev–Trinajstić information content (AvgIpc) is 2.36. The van der Waals surface area contributed by atoms with Crippen molar-refractivity contribution in [1.29, 1.82) is 0 Å². The molecule has 0 spiro atoms. The highest BCUT2D eigenvalue weighted by Gasteiger charge is 2.17. The standard InChI is InChI=1S/C14H16O2S/c1-10-13(15)4-3-5-14(10)17-12-8-6-11(16-2)7-9-12/h6-9H,3-5H2,1-2H3. The second-order valence-electron chi connectivity index (χ2n) is 4.10. The SMILES string of the molecule is COc1ccc(SC2=C(C)C(=O)CCC2)cc1. The summed E-state index contributed by atoms with van der Waals surface area (Å²) in [5, 5.41) is 0. The van der Waals surface area contributed by atoms with Crippen LogP contribution in [0.5, 0.6) is 5.75 Å². The fourth-order valence-corrected chi connectivity index (χ4v) is 2.92. The van der Waals surface area contributed by atoms with Crippen molar-refractivity contribution in [2.24, 2.45) is 0 Å². The van der Waals surface area contributed by atoms with E-state index in [0.717, 1.165) is 29.1 Å². The minimum Gasteiger partial charge on any atom is -0.497 e. The third-order valence-corrected chi connectivity index (χ3v) is 4.21. The van der Waals surface area contributed by atoms with Crippen LogP contribution < -0.4 is 4.74 Å². The number of allylic oxidation sites excluding steroid dienone is 2. The Labute approximate surface area is 106 Å². The van der Waals surface area contributed by atoms with Crippen molar-refractivity contribution in [3.05, 3.63) is 34.7 Å². The first-order chi connectivity index (χ1) is 8.20. The fraction of sp³-hybridized carbons (Fsp3) is 0.357. The first kappa shape index (κ1) is 12.2. The molecule has 0 fully saturated rings. The zero-order valence-corrected chi connectivity index (χ0v) is 11.0. The van der Waals surface area contributed by atoms with Gasteiger partial charge in [0.1, 0.15) is 5.75 Å². The van der Waals surface area contributed by atoms with E-state index < -0.39 is 0 Å². The van der Waals surface area contributed by atoms with E-state index in [1.165, 1.54) is 4.91 Å². The van der Waals surface area contributed by atoms with E-state index in [2.05, 4.69) is 0 Å². The van der Waals surface area contributed by atoms with Crippen LogP contribution in [0.1, 0.15) is 26.2 Å². The zero-order valence-electron chi connectivity index (χ0n) is 10.2. The summed E-state index contributed by atoms with van der Waals surface area (Å²) >= 11 is 1.70. The number of ketones is 1. The predicted molar refractivity (Wildman–Crippen MR) is 70.4 cm³/mol. The second kappa shape index (κ2) is 5.41. The molecule has 1 aliphatic carbocycles. The second-order valence-corrected chi connectivity index (χ2v) is 5.27. The molecule has 1 aromatic carbocycles. The van der Waals surface area contributed by atoms with Crippen molar-refractivity contribution < 1.29 is 9.53 Å². The van der Waals surface area contributed by atoms with Crippen LogP contribution in [0.15, 0.2) is 39.6 Å². The molecule has 3 heteroatoms. The van der Waals surface area contributed by atoms with Gasteiger partial charge in [0.15, 0.2) is 5.78 Å². The lowest BCUT2D eigenvalue weighted by Gasteiger charge is -2.16. The van der Waals surface area contributed by atoms with Crippen LogP contribution in [0, 0.1) is 0 Å². The monoisotopic (exact) mass is 248 g/mol. The lowest BCUT2D eigenvalue weighted by molar-refractivity contribution is -0.115. The third kappa shape index (κ3) is 2.91. The highest BCUT2D eigenvalue weighted by atomic mass is 32.2. The normalized spacial score (nSPS) is 16.2. The first-order valence-electron chi connectivity index (χ1n) is 5.75. The van der Waals surface area contributed by atoms with Gasteiger partial charge in [-0.1, -0.05) is 11.8 Å². The van der Waals surface area contributed by atoms with E-state index in [0.29, 0.717) is 12.2 Å². The van der Waals surface area contributed by atoms with Crippen LogP contribution in [0.4, 0.5) is 0 Å². The Morgan fingerprint density at radius 2 is 1.88 bits per heavy atom. The molecular formula is C14H16O2S. The number of Topliss-reactive ketones (excluding diaryl/α,β-unsaturated/α-hetero) is 1. The summed E-state index contributed by atoms with van der Waals surface area (Å²) in [7, 11) is 1.66. The number of hydrogen-bond acceptors (Lipinski definition) is 3. The average molecular weight is 248 g/mol. The van der Waals surface area contributed by atoms with Crippen LogP contribution >= 0.6 is 11.8 Å². The van der Waals surface area contributed by atoms with Crippen molar-refractivity contribution in [1.82, 2.24) is 0 Å². The van der Waals surface area contributed by atoms with Crippen molar-refractivity contribution in [3.8, 4) is 5.75 Å². The molecule has 17 heavy (non-hydrogen) atoms. The van der Waals surface area contributed by atoms with E-state index in [9.17, 15) is 4.79 Å². The van der Waals surface area contributed by atoms with Gasteiger partial charge in [0.25, 0.3) is 0 Å². The van der Waals surface area contributed by atoms with E-state index in [4.69, 9.17) is 4.74 Å². The number of carbonyl (C=O) groups is 1. The Hall–Kier alpha value is -1.22. The summed E-state index contributed by atoms with van der Waals surface area (Å²) in [6.45, 7) is 1.94. The first-order valence-corrected chi connectivity index (χ1v) is 6.57. The molecule has 0 aromatic heterocycles. The Balaban J connectivity index is 2.14. The van der Waals surface area contributed by atoms with Crippen molar-refractivity contribution >= 4 is 17.5 Å². The van der Waals surface area contributed by atoms with E-state index in [1.807, 2.05) is 31.2 Å². The van der Waals surface area contributed by atoms with Crippen LogP contribution in [-0.2, 0) is 4.79 Å². The Bertz CT molecular complexity index is 446. The number of hydrogen-bond donors (Lipinski definition) is 0. The predicted octanol–water partition coefficient (Wildman–Crippen LogP) is 3.81. The van der Waals surface area contributed by atoms with Gasteiger partial charge in [-0.15, -0.1) is 0 Å². The lowest BCUT2D eigenvalue weighted by atomic mass is 9.99. The molecule has 0 saturated carbocycles. The molecule has 0 atom stereocenters. The van der Waals surface area contributed by atoms with Crippen molar-refractivity contribution in [2.45, 2.75) is 31.1 Å². The summed E-state index contributed by atoms with van der Waals surface area (Å²) in [6, 6.07) is 7.96. The molecule has 0 radical (unpaired) electrons. The molecule has 0 saturated heterocycles. The summed E-state index contributed by atoms with van der Waals surface area (Å²) in [4.78, 5) is 14.0. The van der Waals surface area contributed by atoms with E-state index in [1.54, 1.807) is 18.9 Å². The van der Waals surface area contributed by atoms with Gasteiger partial charge < -0.3 is 4.74 Å². The van der Waals surface area contributed by atoms with Gasteiger partial charge in [-0.25, -0.2) is 0 Å². The molecule has 0 bridgehead atoms. The quantitative estimate of drug-likeness (QED) is 0.813. The highest BCUT2D eigenvalue weighted by Crippen LogP contribution is 2.36. The summed E-state index contributed by atoms with van der Waals surface area (Å²) in [5.74, 6) is 1.16. The van der Waals surface area contributed by atoms with Gasteiger partial charge in [0.2, 0.25) is 0 Å². The lowest BCUT2D eigenvalue weighted by Crippen LogP contribution is -2.07. The fourth-order valence-electron chi connectivity index (χ4n) is 1.85. The number of thioether (sulfide) groups is 1. The summed E-state index contributed by atoms with van der Waals surface area (Å²) < 4.78 is 5.12. The van der Waals surface area contributed by atoms with Crippen LogP contribution in [0.3, 0.4) is 0 Å².